The third-order valence-electron chi connectivity index (χ3n) is 5.88. The molecule has 0 spiro atoms. The summed E-state index contributed by atoms with van der Waals surface area (Å²) < 4.78 is 26.7. The molecule has 0 radical (unpaired) electrons. The quantitative estimate of drug-likeness (QED) is 0.733. The average molecular weight is 431 g/mol. The van der Waals surface area contributed by atoms with Crippen molar-refractivity contribution in [2.24, 2.45) is 0 Å². The van der Waals surface area contributed by atoms with Gasteiger partial charge < -0.3 is 15.3 Å². The molecule has 31 heavy (non-hydrogen) atoms. The standard InChI is InChI=1S/C22H25F2N3O.CH2O2/c23-19-7-5-18(21(24)14-19)15-25-22(28)27-11-9-26(10-12-27)20-8-6-16-3-1-2-4-17(16)13-20;2-1-3/h1-5,7,14,20H,6,8-13,15H2,(H,25,28);1H,(H,2,3). The Hall–Kier alpha value is -3.00. The van der Waals surface area contributed by atoms with E-state index in [4.69, 9.17) is 9.90 Å². The van der Waals surface area contributed by atoms with Crippen LogP contribution < -0.4 is 5.32 Å². The van der Waals surface area contributed by atoms with Gasteiger partial charge in [-0.25, -0.2) is 13.6 Å². The fourth-order valence-electron chi connectivity index (χ4n) is 4.23. The molecule has 166 valence electrons. The molecule has 6 nitrogen and oxygen atoms in total. The highest BCUT2D eigenvalue weighted by Crippen LogP contribution is 2.25. The molecule has 0 aromatic heterocycles. The second-order valence-corrected chi connectivity index (χ2v) is 7.69. The Bertz CT molecular complexity index is 901. The largest absolute Gasteiger partial charge is 0.483 e. The molecular formula is C23H27F2N3O3. The van der Waals surface area contributed by atoms with Crippen LogP contribution in [0.1, 0.15) is 23.1 Å². The lowest BCUT2D eigenvalue weighted by atomic mass is 9.87. The van der Waals surface area contributed by atoms with Gasteiger partial charge in [0, 0.05) is 50.4 Å². The zero-order chi connectivity index (χ0) is 22.2. The van der Waals surface area contributed by atoms with Crippen LogP contribution in [0.5, 0.6) is 0 Å². The third-order valence-corrected chi connectivity index (χ3v) is 5.88. The number of carbonyl (C=O) groups excluding carboxylic acids is 1. The number of rotatable bonds is 3. The molecule has 2 N–H and O–H groups in total. The van der Waals surface area contributed by atoms with E-state index < -0.39 is 11.6 Å². The summed E-state index contributed by atoms with van der Waals surface area (Å²) in [5, 5.41) is 9.63. The van der Waals surface area contributed by atoms with E-state index in [-0.39, 0.29) is 24.6 Å². The number of halogens is 2. The number of urea groups is 1. The van der Waals surface area contributed by atoms with Gasteiger partial charge in [-0.3, -0.25) is 9.69 Å². The Morgan fingerprint density at radius 2 is 1.77 bits per heavy atom. The minimum atomic E-state index is -0.636. The molecule has 0 saturated carbocycles. The summed E-state index contributed by atoms with van der Waals surface area (Å²) in [6.45, 7) is 2.84. The highest BCUT2D eigenvalue weighted by Gasteiger charge is 2.28. The molecule has 1 atom stereocenters. The number of fused-ring (bicyclic) bond motifs is 1. The number of hydrogen-bond donors (Lipinski definition) is 2. The summed E-state index contributed by atoms with van der Waals surface area (Å²) in [6, 6.07) is 12.4. The lowest BCUT2D eigenvalue weighted by Crippen LogP contribution is -2.55. The highest BCUT2D eigenvalue weighted by molar-refractivity contribution is 5.74. The first-order chi connectivity index (χ1) is 15.0. The number of nitrogens with zero attached hydrogens (tertiary/aromatic N) is 2. The van der Waals surface area contributed by atoms with Crippen molar-refractivity contribution in [3.05, 3.63) is 70.8 Å². The maximum absolute atomic E-state index is 13.7. The van der Waals surface area contributed by atoms with Crippen molar-refractivity contribution < 1.29 is 23.5 Å². The molecular weight excluding hydrogens is 404 g/mol. The zero-order valence-corrected chi connectivity index (χ0v) is 17.3. The minimum absolute atomic E-state index is 0.0601. The van der Waals surface area contributed by atoms with E-state index >= 15 is 0 Å². The van der Waals surface area contributed by atoms with Gasteiger partial charge in [0.05, 0.1) is 0 Å². The lowest BCUT2D eigenvalue weighted by Gasteiger charge is -2.41. The van der Waals surface area contributed by atoms with Crippen LogP contribution in [0.3, 0.4) is 0 Å². The van der Waals surface area contributed by atoms with Crippen LogP contribution in [0.25, 0.3) is 0 Å². The molecule has 2 aliphatic rings. The number of nitrogens with one attached hydrogen (secondary N) is 1. The van der Waals surface area contributed by atoms with Gasteiger partial charge in [-0.1, -0.05) is 30.3 Å². The fourth-order valence-corrected chi connectivity index (χ4v) is 4.23. The lowest BCUT2D eigenvalue weighted by molar-refractivity contribution is -0.122. The zero-order valence-electron chi connectivity index (χ0n) is 17.3. The Labute approximate surface area is 180 Å². The molecule has 1 unspecified atom stereocenters. The van der Waals surface area contributed by atoms with Crippen molar-refractivity contribution in [3.63, 3.8) is 0 Å². The highest BCUT2D eigenvalue weighted by atomic mass is 19.1. The van der Waals surface area contributed by atoms with Crippen LogP contribution in [0.2, 0.25) is 0 Å². The monoisotopic (exact) mass is 431 g/mol. The van der Waals surface area contributed by atoms with E-state index in [0.717, 1.165) is 38.4 Å². The third kappa shape index (κ3) is 6.01. The molecule has 2 amide bonds. The molecule has 2 aromatic carbocycles. The van der Waals surface area contributed by atoms with Gasteiger partial charge >= 0.3 is 6.03 Å². The van der Waals surface area contributed by atoms with Crippen LogP contribution >= 0.6 is 0 Å². The topological polar surface area (TPSA) is 72.9 Å². The van der Waals surface area contributed by atoms with Gasteiger partial charge in [-0.15, -0.1) is 0 Å². The van der Waals surface area contributed by atoms with E-state index in [1.807, 2.05) is 0 Å². The number of piperazine rings is 1. The van der Waals surface area contributed by atoms with Crippen molar-refractivity contribution in [3.8, 4) is 0 Å². The number of carboxylic acid groups (broad SMARTS) is 1. The van der Waals surface area contributed by atoms with Crippen LogP contribution in [0, 0.1) is 11.6 Å². The van der Waals surface area contributed by atoms with Crippen molar-refractivity contribution in [2.75, 3.05) is 26.2 Å². The van der Waals surface area contributed by atoms with E-state index in [1.54, 1.807) is 4.90 Å². The summed E-state index contributed by atoms with van der Waals surface area (Å²) >= 11 is 0. The van der Waals surface area contributed by atoms with E-state index in [2.05, 4.69) is 34.5 Å². The molecule has 1 fully saturated rings. The Kier molecular flexibility index (Phi) is 7.94. The smallest absolute Gasteiger partial charge is 0.317 e. The van der Waals surface area contributed by atoms with Crippen molar-refractivity contribution in [1.29, 1.82) is 0 Å². The van der Waals surface area contributed by atoms with Gasteiger partial charge in [0.15, 0.2) is 0 Å². The Balaban J connectivity index is 0.000000858. The number of hydrogen-bond acceptors (Lipinski definition) is 3. The van der Waals surface area contributed by atoms with Gasteiger partial charge in [0.2, 0.25) is 0 Å². The first-order valence-electron chi connectivity index (χ1n) is 10.4. The Morgan fingerprint density at radius 1 is 1.10 bits per heavy atom. The summed E-state index contributed by atoms with van der Waals surface area (Å²) in [7, 11) is 0. The molecule has 8 heteroatoms. The average Bonchev–Trinajstić information content (AvgIpc) is 2.78. The molecule has 4 rings (SSSR count). The van der Waals surface area contributed by atoms with Crippen LogP contribution in [0.15, 0.2) is 42.5 Å². The predicted molar refractivity (Wildman–Crippen MR) is 113 cm³/mol. The van der Waals surface area contributed by atoms with Crippen molar-refractivity contribution in [1.82, 2.24) is 15.1 Å². The predicted octanol–water partition coefficient (Wildman–Crippen LogP) is 3.05. The van der Waals surface area contributed by atoms with Crippen molar-refractivity contribution >= 4 is 12.5 Å². The SMILES string of the molecule is O=C(NCc1ccc(F)cc1F)N1CCN(C2CCc3ccccc3C2)CC1.O=CO. The molecule has 1 aliphatic carbocycles. The van der Waals surface area contributed by atoms with E-state index in [0.29, 0.717) is 19.1 Å². The van der Waals surface area contributed by atoms with Crippen molar-refractivity contribution in [2.45, 2.75) is 31.8 Å². The normalized spacial score (nSPS) is 18.4. The maximum Gasteiger partial charge on any atom is 0.317 e. The van der Waals surface area contributed by atoms with Gasteiger partial charge in [0.1, 0.15) is 11.6 Å². The van der Waals surface area contributed by atoms with Gasteiger partial charge in [-0.2, -0.15) is 0 Å². The number of amides is 2. The summed E-state index contributed by atoms with van der Waals surface area (Å²) in [4.78, 5) is 25.0. The fraction of sp³-hybridized carbons (Fsp3) is 0.391. The van der Waals surface area contributed by atoms with Crippen LogP contribution in [0.4, 0.5) is 13.6 Å². The molecule has 0 bridgehead atoms. The molecule has 1 heterocycles. The summed E-state index contributed by atoms with van der Waals surface area (Å²) in [5.41, 5.74) is 3.19. The summed E-state index contributed by atoms with van der Waals surface area (Å²) in [5.74, 6) is -1.25. The van der Waals surface area contributed by atoms with Gasteiger partial charge in [-0.05, 0) is 36.5 Å². The first-order valence-corrected chi connectivity index (χ1v) is 10.4. The van der Waals surface area contributed by atoms with E-state index in [1.165, 1.54) is 23.3 Å². The second kappa shape index (κ2) is 10.9. The number of aryl methyl sites for hydroxylation is 1. The maximum atomic E-state index is 13.7. The summed E-state index contributed by atoms with van der Waals surface area (Å²) in [6.07, 6.45) is 3.35. The molecule has 1 aliphatic heterocycles. The molecule has 1 saturated heterocycles. The van der Waals surface area contributed by atoms with Gasteiger partial charge in [0.25, 0.3) is 6.47 Å². The second-order valence-electron chi connectivity index (χ2n) is 7.69. The molecule has 2 aromatic rings. The number of carbonyl (C=O) groups is 2. The minimum Gasteiger partial charge on any atom is -0.483 e. The van der Waals surface area contributed by atoms with Crippen LogP contribution in [-0.2, 0) is 24.2 Å². The number of benzene rings is 2. The van der Waals surface area contributed by atoms with E-state index in [9.17, 15) is 13.6 Å². The Morgan fingerprint density at radius 3 is 2.45 bits per heavy atom. The van der Waals surface area contributed by atoms with Crippen LogP contribution in [-0.4, -0.2) is 59.6 Å². The first kappa shape index (κ1) is 22.7.